The molecule has 1 nitrogen and oxygen atoms in total. The summed E-state index contributed by atoms with van der Waals surface area (Å²) >= 11 is 0. The quantitative estimate of drug-likeness (QED) is 0.707. The Morgan fingerprint density at radius 3 is 2.13 bits per heavy atom. The fraction of sp³-hybridized carbons (Fsp3) is 0.250. The normalized spacial score (nSPS) is 11.9. The minimum Gasteiger partial charge on any atom is -0.435 e. The number of hydrogen-bond acceptors (Lipinski definition) is 1. The molecule has 1 rings (SSSR count). The molecule has 0 saturated heterocycles. The molecular formula is C8H4F6O. The monoisotopic (exact) mass is 230 g/mol. The second-order valence-corrected chi connectivity index (χ2v) is 2.52. The van der Waals surface area contributed by atoms with Crippen molar-refractivity contribution in [3.8, 4) is 5.75 Å². The highest BCUT2D eigenvalue weighted by atomic mass is 19.4. The molecule has 0 aliphatic rings. The number of rotatable bonds is 2. The molecule has 0 aromatic heterocycles. The molecule has 1 aromatic carbocycles. The lowest BCUT2D eigenvalue weighted by molar-refractivity contribution is -0.140. The van der Waals surface area contributed by atoms with Crippen LogP contribution in [0.1, 0.15) is 5.56 Å². The van der Waals surface area contributed by atoms with E-state index in [1.807, 2.05) is 0 Å². The van der Waals surface area contributed by atoms with Crippen molar-refractivity contribution >= 4 is 0 Å². The van der Waals surface area contributed by atoms with Gasteiger partial charge in [-0.3, -0.25) is 0 Å². The van der Waals surface area contributed by atoms with E-state index in [0.717, 1.165) is 0 Å². The van der Waals surface area contributed by atoms with E-state index in [1.165, 1.54) is 0 Å². The van der Waals surface area contributed by atoms with Gasteiger partial charge >= 0.3 is 12.8 Å². The van der Waals surface area contributed by atoms with Gasteiger partial charge in [0.15, 0.2) is 0 Å². The lowest BCUT2D eigenvalue weighted by Gasteiger charge is -2.09. The van der Waals surface area contributed by atoms with Crippen LogP contribution in [0.4, 0.5) is 26.3 Å². The molecule has 0 heterocycles. The van der Waals surface area contributed by atoms with Crippen LogP contribution >= 0.6 is 0 Å². The smallest absolute Gasteiger partial charge is 0.419 e. The second kappa shape index (κ2) is 4.00. The zero-order valence-corrected chi connectivity index (χ0v) is 6.99. The van der Waals surface area contributed by atoms with E-state index in [1.54, 1.807) is 0 Å². The topological polar surface area (TPSA) is 9.23 Å². The average Bonchev–Trinajstić information content (AvgIpc) is 1.99. The van der Waals surface area contributed by atoms with Gasteiger partial charge in [0.2, 0.25) is 0 Å². The van der Waals surface area contributed by atoms with Crippen molar-refractivity contribution in [1.29, 1.82) is 0 Å². The highest BCUT2D eigenvalue weighted by Crippen LogP contribution is 2.33. The van der Waals surface area contributed by atoms with Crippen LogP contribution in [0, 0.1) is 5.82 Å². The van der Waals surface area contributed by atoms with Crippen LogP contribution < -0.4 is 4.74 Å². The Kier molecular flexibility index (Phi) is 3.11. The molecule has 0 aliphatic carbocycles. The third kappa shape index (κ3) is 3.03. The maximum absolute atomic E-state index is 12.8. The fourth-order valence-corrected chi connectivity index (χ4v) is 0.902. The zero-order valence-electron chi connectivity index (χ0n) is 6.99. The Morgan fingerprint density at radius 1 is 1.13 bits per heavy atom. The molecule has 0 bridgehead atoms. The van der Waals surface area contributed by atoms with E-state index in [0.29, 0.717) is 12.1 Å². The predicted octanol–water partition coefficient (Wildman–Crippen LogP) is 3.45. The van der Waals surface area contributed by atoms with E-state index < -0.39 is 29.9 Å². The van der Waals surface area contributed by atoms with Gasteiger partial charge < -0.3 is 4.74 Å². The summed E-state index contributed by atoms with van der Waals surface area (Å²) in [4.78, 5) is 0. The minimum absolute atomic E-state index is 0.259. The minimum atomic E-state index is -4.85. The third-order valence-corrected chi connectivity index (χ3v) is 1.47. The molecule has 7 heteroatoms. The largest absolute Gasteiger partial charge is 0.435 e. The van der Waals surface area contributed by atoms with Gasteiger partial charge in [0, 0.05) is 6.07 Å². The van der Waals surface area contributed by atoms with Gasteiger partial charge in [0.1, 0.15) is 11.6 Å². The summed E-state index contributed by atoms with van der Waals surface area (Å²) < 4.78 is 75.8. The van der Waals surface area contributed by atoms with Crippen LogP contribution in [0.2, 0.25) is 0 Å². The van der Waals surface area contributed by atoms with Crippen molar-refractivity contribution in [2.45, 2.75) is 12.8 Å². The third-order valence-electron chi connectivity index (χ3n) is 1.47. The first-order chi connectivity index (χ1) is 6.80. The van der Waals surface area contributed by atoms with E-state index in [2.05, 4.69) is 4.74 Å². The number of halogens is 6. The second-order valence-electron chi connectivity index (χ2n) is 2.52. The highest BCUT2D eigenvalue weighted by molar-refractivity contribution is 5.30. The maximum Gasteiger partial charge on any atom is 0.419 e. The first kappa shape index (κ1) is 11.7. The molecular weight excluding hydrogens is 226 g/mol. The molecule has 0 aliphatic heterocycles. The molecule has 84 valence electrons. The SMILES string of the molecule is Fc1cc(OC(F)F)ccc1C(F)(F)F. The summed E-state index contributed by atoms with van der Waals surface area (Å²) in [6, 6.07) is 1.22. The van der Waals surface area contributed by atoms with Crippen molar-refractivity contribution in [1.82, 2.24) is 0 Å². The Bertz CT molecular complexity index is 345. The van der Waals surface area contributed by atoms with Gasteiger partial charge in [-0.1, -0.05) is 0 Å². The van der Waals surface area contributed by atoms with E-state index in [-0.39, 0.29) is 6.07 Å². The first-order valence-corrected chi connectivity index (χ1v) is 3.62. The summed E-state index contributed by atoms with van der Waals surface area (Å²) in [6.45, 7) is -3.21. The van der Waals surface area contributed by atoms with E-state index in [4.69, 9.17) is 0 Å². The van der Waals surface area contributed by atoms with Gasteiger partial charge in [-0.05, 0) is 12.1 Å². The van der Waals surface area contributed by atoms with Gasteiger partial charge in [-0.2, -0.15) is 22.0 Å². The highest BCUT2D eigenvalue weighted by Gasteiger charge is 2.34. The molecule has 1 aromatic rings. The molecule has 0 atom stereocenters. The summed E-state index contributed by atoms with van der Waals surface area (Å²) in [7, 11) is 0. The number of ether oxygens (including phenoxy) is 1. The Labute approximate surface area is 80.3 Å². The lowest BCUT2D eigenvalue weighted by atomic mass is 10.2. The molecule has 0 saturated carbocycles. The van der Waals surface area contributed by atoms with Gasteiger partial charge in [0.05, 0.1) is 5.56 Å². The standard InChI is InChI=1S/C8H4F6O/c9-6-3-4(15-7(10)11)1-2-5(6)8(12,13)14/h1-3,7H. The number of benzene rings is 1. The van der Waals surface area contributed by atoms with Gasteiger partial charge in [0.25, 0.3) is 0 Å². The van der Waals surface area contributed by atoms with Crippen LogP contribution in [0.5, 0.6) is 5.75 Å². The van der Waals surface area contributed by atoms with Crippen LogP contribution in [0.25, 0.3) is 0 Å². The number of hydrogen-bond donors (Lipinski definition) is 0. The van der Waals surface area contributed by atoms with Crippen molar-refractivity contribution in [3.63, 3.8) is 0 Å². The molecule has 0 amide bonds. The van der Waals surface area contributed by atoms with Crippen LogP contribution in [-0.2, 0) is 6.18 Å². The average molecular weight is 230 g/mol. The summed E-state index contributed by atoms with van der Waals surface area (Å²) in [5.41, 5.74) is -1.52. The molecule has 0 radical (unpaired) electrons. The van der Waals surface area contributed by atoms with Crippen molar-refractivity contribution in [3.05, 3.63) is 29.6 Å². The fourth-order valence-electron chi connectivity index (χ4n) is 0.902. The Balaban J connectivity index is 2.99. The molecule has 0 fully saturated rings. The Morgan fingerprint density at radius 2 is 1.73 bits per heavy atom. The van der Waals surface area contributed by atoms with Crippen LogP contribution in [-0.4, -0.2) is 6.61 Å². The van der Waals surface area contributed by atoms with Gasteiger partial charge in [-0.25, -0.2) is 4.39 Å². The van der Waals surface area contributed by atoms with Gasteiger partial charge in [-0.15, -0.1) is 0 Å². The maximum atomic E-state index is 12.8. The number of alkyl halides is 5. The first-order valence-electron chi connectivity index (χ1n) is 3.62. The van der Waals surface area contributed by atoms with Crippen molar-refractivity contribution in [2.24, 2.45) is 0 Å². The van der Waals surface area contributed by atoms with Crippen LogP contribution in [0.3, 0.4) is 0 Å². The van der Waals surface area contributed by atoms with E-state index in [9.17, 15) is 26.3 Å². The summed E-state index contributed by atoms with van der Waals surface area (Å²) in [5, 5.41) is 0. The van der Waals surface area contributed by atoms with Crippen LogP contribution in [0.15, 0.2) is 18.2 Å². The lowest BCUT2D eigenvalue weighted by Crippen LogP contribution is -2.09. The van der Waals surface area contributed by atoms with Crippen molar-refractivity contribution in [2.75, 3.05) is 0 Å². The summed E-state index contributed by atoms with van der Waals surface area (Å²) in [5.74, 6) is -2.31. The zero-order chi connectivity index (χ0) is 11.6. The molecule has 0 N–H and O–H groups in total. The molecule has 15 heavy (non-hydrogen) atoms. The summed E-state index contributed by atoms with van der Waals surface area (Å²) in [6.07, 6.45) is -4.85. The van der Waals surface area contributed by atoms with E-state index >= 15 is 0 Å². The molecule has 0 unspecified atom stereocenters. The van der Waals surface area contributed by atoms with Crippen molar-refractivity contribution < 1.29 is 31.1 Å². The molecule has 0 spiro atoms. The Hall–Kier alpha value is -1.40. The predicted molar refractivity (Wildman–Crippen MR) is 38.0 cm³/mol.